The zero-order valence-corrected chi connectivity index (χ0v) is 16.1. The fourth-order valence-corrected chi connectivity index (χ4v) is 4.91. The van der Waals surface area contributed by atoms with E-state index in [1.165, 1.54) is 35.0 Å². The predicted octanol–water partition coefficient (Wildman–Crippen LogP) is 4.45. The molecule has 146 valence electrons. The summed E-state index contributed by atoms with van der Waals surface area (Å²) in [5.74, 6) is 1.19. The molecular weight excluding hydrogens is 349 g/mol. The number of halogens is 1. The van der Waals surface area contributed by atoms with E-state index < -0.39 is 0 Å². The monoisotopic (exact) mass is 377 g/mol. The van der Waals surface area contributed by atoms with Gasteiger partial charge in [0.2, 0.25) is 0 Å². The van der Waals surface area contributed by atoms with Gasteiger partial charge in [0.05, 0.1) is 0 Å². The first-order valence-electron chi connectivity index (χ1n) is 10.5. The molecule has 0 amide bonds. The highest BCUT2D eigenvalue weighted by atomic mass is 19.1. The van der Waals surface area contributed by atoms with Crippen LogP contribution in [-0.2, 0) is 6.42 Å². The van der Waals surface area contributed by atoms with Gasteiger partial charge in [0, 0.05) is 34.5 Å². The Labute approximate surface area is 165 Å². The number of nitrogens with one attached hydrogen (secondary N) is 2. The van der Waals surface area contributed by atoms with Crippen LogP contribution in [0.5, 0.6) is 0 Å². The number of H-pyrrole nitrogens is 1. The van der Waals surface area contributed by atoms with Crippen LogP contribution in [-0.4, -0.2) is 24.1 Å². The van der Waals surface area contributed by atoms with E-state index in [2.05, 4.69) is 34.6 Å². The van der Waals surface area contributed by atoms with E-state index in [0.29, 0.717) is 5.92 Å². The molecule has 1 saturated carbocycles. The largest absolute Gasteiger partial charge is 0.358 e. The van der Waals surface area contributed by atoms with Gasteiger partial charge in [-0.3, -0.25) is 0 Å². The van der Waals surface area contributed by atoms with E-state index in [1.807, 2.05) is 12.1 Å². The highest BCUT2D eigenvalue weighted by Gasteiger charge is 2.37. The first-order chi connectivity index (χ1) is 13.7. The average Bonchev–Trinajstić information content (AvgIpc) is 3.46. The van der Waals surface area contributed by atoms with Crippen molar-refractivity contribution in [1.82, 2.24) is 10.3 Å². The first kappa shape index (κ1) is 17.9. The molecule has 1 heterocycles. The molecular formula is C24H28FN3. The highest BCUT2D eigenvalue weighted by Crippen LogP contribution is 2.44. The Balaban J connectivity index is 1.47. The summed E-state index contributed by atoms with van der Waals surface area (Å²) in [6.45, 7) is 2.12. The number of para-hydroxylation sites is 1. The third kappa shape index (κ3) is 3.36. The molecule has 3 nitrogen and oxygen atoms in total. The van der Waals surface area contributed by atoms with Crippen molar-refractivity contribution < 1.29 is 4.39 Å². The molecule has 3 atom stereocenters. The fourth-order valence-electron chi connectivity index (χ4n) is 4.91. The van der Waals surface area contributed by atoms with E-state index in [1.54, 1.807) is 12.1 Å². The molecule has 0 bridgehead atoms. The Morgan fingerprint density at radius 2 is 1.86 bits per heavy atom. The van der Waals surface area contributed by atoms with Crippen molar-refractivity contribution in [2.75, 3.05) is 13.1 Å². The number of nitrogens with two attached hydrogens (primary N) is 1. The summed E-state index contributed by atoms with van der Waals surface area (Å²) >= 11 is 0. The molecule has 0 radical (unpaired) electrons. The van der Waals surface area contributed by atoms with Crippen LogP contribution in [0.15, 0.2) is 48.5 Å². The molecule has 28 heavy (non-hydrogen) atoms. The number of rotatable bonds is 6. The molecule has 3 aromatic rings. The van der Waals surface area contributed by atoms with Crippen LogP contribution >= 0.6 is 0 Å². The number of aromatic nitrogens is 1. The molecule has 0 aliphatic heterocycles. The van der Waals surface area contributed by atoms with Crippen LogP contribution in [0, 0.1) is 11.7 Å². The molecule has 1 aromatic heterocycles. The lowest BCUT2D eigenvalue weighted by Gasteiger charge is -2.37. The molecule has 0 spiro atoms. The molecule has 5 rings (SSSR count). The van der Waals surface area contributed by atoms with Crippen molar-refractivity contribution in [3.05, 3.63) is 71.2 Å². The van der Waals surface area contributed by atoms with Crippen LogP contribution < -0.4 is 11.1 Å². The summed E-state index contributed by atoms with van der Waals surface area (Å²) in [7, 11) is 0. The van der Waals surface area contributed by atoms with E-state index in [9.17, 15) is 4.39 Å². The van der Waals surface area contributed by atoms with Crippen LogP contribution in [0.3, 0.4) is 0 Å². The van der Waals surface area contributed by atoms with Crippen molar-refractivity contribution >= 4 is 10.9 Å². The SMILES string of the molecule is N[C@H]1[C@H](c2ccc(F)cc2)Cc2[nH]c3ccccc3c2[C@@H]1CCNCC1CC1. The molecule has 4 N–H and O–H groups in total. The van der Waals surface area contributed by atoms with E-state index >= 15 is 0 Å². The van der Waals surface area contributed by atoms with E-state index in [0.717, 1.165) is 37.4 Å². The maximum Gasteiger partial charge on any atom is 0.123 e. The maximum atomic E-state index is 13.4. The number of hydrogen-bond acceptors (Lipinski definition) is 2. The summed E-state index contributed by atoms with van der Waals surface area (Å²) < 4.78 is 13.4. The fraction of sp³-hybridized carbons (Fsp3) is 0.417. The molecule has 2 aromatic carbocycles. The van der Waals surface area contributed by atoms with Crippen LogP contribution in [0.2, 0.25) is 0 Å². The Kier molecular flexibility index (Phi) is 4.69. The molecule has 2 aliphatic rings. The van der Waals surface area contributed by atoms with E-state index in [4.69, 9.17) is 5.73 Å². The smallest absolute Gasteiger partial charge is 0.123 e. The van der Waals surface area contributed by atoms with Crippen molar-refractivity contribution in [1.29, 1.82) is 0 Å². The summed E-state index contributed by atoms with van der Waals surface area (Å²) in [4.78, 5) is 3.65. The standard InChI is InChI=1S/C24H28FN3/c25-17-9-7-16(8-10-17)20-13-22-23(18-3-1-2-4-21(18)28-22)19(24(20)26)11-12-27-14-15-5-6-15/h1-4,7-10,15,19-20,24,27-28H,5-6,11-14,26H2/t19-,20-,24+/m0/s1. The van der Waals surface area contributed by atoms with Crippen LogP contribution in [0.1, 0.15) is 47.9 Å². The number of hydrogen-bond donors (Lipinski definition) is 3. The molecule has 4 heteroatoms. The van der Waals surface area contributed by atoms with Crippen molar-refractivity contribution in [3.8, 4) is 0 Å². The lowest BCUT2D eigenvalue weighted by atomic mass is 9.71. The van der Waals surface area contributed by atoms with Gasteiger partial charge in [-0.15, -0.1) is 0 Å². The maximum absolute atomic E-state index is 13.4. The zero-order valence-electron chi connectivity index (χ0n) is 16.1. The normalized spacial score (nSPS) is 24.4. The molecule has 2 aliphatic carbocycles. The minimum absolute atomic E-state index is 0.0277. The van der Waals surface area contributed by atoms with Gasteiger partial charge in [0.25, 0.3) is 0 Å². The third-order valence-electron chi connectivity index (χ3n) is 6.61. The lowest BCUT2D eigenvalue weighted by molar-refractivity contribution is 0.391. The highest BCUT2D eigenvalue weighted by molar-refractivity contribution is 5.85. The Morgan fingerprint density at radius 1 is 1.07 bits per heavy atom. The van der Waals surface area contributed by atoms with Gasteiger partial charge in [-0.05, 0) is 74.0 Å². The second kappa shape index (κ2) is 7.34. The number of fused-ring (bicyclic) bond motifs is 3. The molecule has 0 saturated heterocycles. The summed E-state index contributed by atoms with van der Waals surface area (Å²) in [5, 5.41) is 4.94. The van der Waals surface area contributed by atoms with Crippen molar-refractivity contribution in [2.45, 2.75) is 43.6 Å². The Bertz CT molecular complexity index is 958. The van der Waals surface area contributed by atoms with Crippen LogP contribution in [0.25, 0.3) is 10.9 Å². The molecule has 1 fully saturated rings. The minimum Gasteiger partial charge on any atom is -0.358 e. The average molecular weight is 378 g/mol. The Hall–Kier alpha value is -2.17. The van der Waals surface area contributed by atoms with Crippen molar-refractivity contribution in [3.63, 3.8) is 0 Å². The second-order valence-corrected chi connectivity index (χ2v) is 8.54. The van der Waals surface area contributed by atoms with Gasteiger partial charge < -0.3 is 16.0 Å². The number of benzene rings is 2. The van der Waals surface area contributed by atoms with Gasteiger partial charge in [-0.2, -0.15) is 0 Å². The van der Waals surface area contributed by atoms with Crippen LogP contribution in [0.4, 0.5) is 4.39 Å². The quantitative estimate of drug-likeness (QED) is 0.556. The van der Waals surface area contributed by atoms with Gasteiger partial charge in [0.1, 0.15) is 5.82 Å². The second-order valence-electron chi connectivity index (χ2n) is 8.54. The first-order valence-corrected chi connectivity index (χ1v) is 10.5. The lowest BCUT2D eigenvalue weighted by Crippen LogP contribution is -2.41. The zero-order chi connectivity index (χ0) is 19.1. The molecule has 0 unspecified atom stereocenters. The summed E-state index contributed by atoms with van der Waals surface area (Å²) in [5.41, 5.74) is 11.9. The minimum atomic E-state index is -0.194. The topological polar surface area (TPSA) is 53.8 Å². The number of aromatic amines is 1. The summed E-state index contributed by atoms with van der Waals surface area (Å²) in [6.07, 6.45) is 4.65. The van der Waals surface area contributed by atoms with Crippen molar-refractivity contribution in [2.24, 2.45) is 11.7 Å². The Morgan fingerprint density at radius 3 is 2.64 bits per heavy atom. The van der Waals surface area contributed by atoms with Gasteiger partial charge in [0.15, 0.2) is 0 Å². The third-order valence-corrected chi connectivity index (χ3v) is 6.61. The predicted molar refractivity (Wildman–Crippen MR) is 112 cm³/mol. The van der Waals surface area contributed by atoms with Gasteiger partial charge in [-0.25, -0.2) is 4.39 Å². The van der Waals surface area contributed by atoms with Gasteiger partial charge in [-0.1, -0.05) is 30.3 Å². The van der Waals surface area contributed by atoms with Gasteiger partial charge >= 0.3 is 0 Å². The summed E-state index contributed by atoms with van der Waals surface area (Å²) in [6, 6.07) is 15.5. The van der Waals surface area contributed by atoms with E-state index in [-0.39, 0.29) is 17.8 Å².